The average Bonchev–Trinajstić information content (AvgIpc) is 3.50. The Morgan fingerprint density at radius 3 is 2.66 bits per heavy atom. The van der Waals surface area contributed by atoms with Crippen LogP contribution in [0.15, 0.2) is 58.3 Å². The third-order valence-corrected chi connectivity index (χ3v) is 6.02. The van der Waals surface area contributed by atoms with Crippen molar-refractivity contribution in [1.29, 1.82) is 0 Å². The third-order valence-electron chi connectivity index (χ3n) is 4.81. The number of thioether (sulfide) groups is 1. The molecule has 1 saturated heterocycles. The first-order valence-electron chi connectivity index (χ1n) is 9.85. The van der Waals surface area contributed by atoms with E-state index < -0.39 is 5.25 Å². The molecule has 0 N–H and O–H groups in total. The molecule has 0 bridgehead atoms. The number of hydrogen-bond donors (Lipinski definition) is 0. The number of esters is 1. The van der Waals surface area contributed by atoms with Crippen LogP contribution in [0.1, 0.15) is 36.3 Å². The van der Waals surface area contributed by atoms with E-state index in [-0.39, 0.29) is 5.97 Å². The van der Waals surface area contributed by atoms with Gasteiger partial charge < -0.3 is 14.1 Å². The van der Waals surface area contributed by atoms with Crippen molar-refractivity contribution in [3.8, 4) is 0 Å². The number of furan rings is 1. The summed E-state index contributed by atoms with van der Waals surface area (Å²) < 4.78 is 12.9. The van der Waals surface area contributed by atoms with Crippen LogP contribution >= 0.6 is 11.8 Å². The summed E-state index contributed by atoms with van der Waals surface area (Å²) in [6.07, 6.45) is 3.95. The molecular weight excluding hydrogens is 388 g/mol. The van der Waals surface area contributed by atoms with Gasteiger partial charge in [-0.15, -0.1) is 10.2 Å². The zero-order chi connectivity index (χ0) is 20.1. The summed E-state index contributed by atoms with van der Waals surface area (Å²) in [4.78, 5) is 14.9. The number of hydrogen-bond acceptors (Lipinski definition) is 7. The van der Waals surface area contributed by atoms with E-state index in [1.807, 2.05) is 54.0 Å². The van der Waals surface area contributed by atoms with Gasteiger partial charge in [0.25, 0.3) is 0 Å². The quantitative estimate of drug-likeness (QED) is 0.410. The van der Waals surface area contributed by atoms with Gasteiger partial charge in [0, 0.05) is 13.1 Å². The van der Waals surface area contributed by atoms with Crippen LogP contribution < -0.4 is 4.90 Å². The van der Waals surface area contributed by atoms with Gasteiger partial charge in [0.05, 0.1) is 19.4 Å². The first-order valence-corrected chi connectivity index (χ1v) is 10.7. The molecule has 3 heterocycles. The van der Waals surface area contributed by atoms with Crippen LogP contribution in [0.5, 0.6) is 0 Å². The normalized spacial score (nSPS) is 14.9. The van der Waals surface area contributed by atoms with Crippen molar-refractivity contribution in [1.82, 2.24) is 14.8 Å². The second kappa shape index (κ2) is 9.17. The lowest BCUT2D eigenvalue weighted by Gasteiger charge is -2.19. The van der Waals surface area contributed by atoms with Crippen molar-refractivity contribution < 1.29 is 13.9 Å². The number of anilines is 1. The molecule has 1 atom stereocenters. The lowest BCUT2D eigenvalue weighted by atomic mass is 10.1. The largest absolute Gasteiger partial charge is 0.467 e. The Kier molecular flexibility index (Phi) is 6.19. The third kappa shape index (κ3) is 4.48. The molecule has 2 aromatic heterocycles. The summed E-state index contributed by atoms with van der Waals surface area (Å²) in [6, 6.07) is 13.4. The van der Waals surface area contributed by atoms with Gasteiger partial charge in [0.1, 0.15) is 11.0 Å². The lowest BCUT2D eigenvalue weighted by molar-refractivity contribution is -0.142. The Balaban J connectivity index is 1.67. The Bertz CT molecular complexity index is 921. The average molecular weight is 413 g/mol. The van der Waals surface area contributed by atoms with Crippen LogP contribution in [-0.4, -0.2) is 40.4 Å². The summed E-state index contributed by atoms with van der Waals surface area (Å²) in [5.74, 6) is 1.36. The van der Waals surface area contributed by atoms with E-state index >= 15 is 0 Å². The number of nitrogens with zero attached hydrogens (tertiary/aromatic N) is 4. The van der Waals surface area contributed by atoms with Crippen molar-refractivity contribution in [2.24, 2.45) is 0 Å². The summed E-state index contributed by atoms with van der Waals surface area (Å²) >= 11 is 1.36. The molecule has 0 spiro atoms. The van der Waals surface area contributed by atoms with E-state index in [1.165, 1.54) is 11.8 Å². The summed E-state index contributed by atoms with van der Waals surface area (Å²) in [6.45, 7) is 4.58. The van der Waals surface area contributed by atoms with Crippen molar-refractivity contribution in [3.05, 3.63) is 60.1 Å². The van der Waals surface area contributed by atoms with E-state index in [9.17, 15) is 4.79 Å². The summed E-state index contributed by atoms with van der Waals surface area (Å²) in [5.41, 5.74) is 0.881. The van der Waals surface area contributed by atoms with E-state index in [2.05, 4.69) is 15.1 Å². The molecule has 8 heteroatoms. The van der Waals surface area contributed by atoms with Crippen LogP contribution in [-0.2, 0) is 16.1 Å². The summed E-state index contributed by atoms with van der Waals surface area (Å²) in [5, 5.41) is 9.05. The van der Waals surface area contributed by atoms with Gasteiger partial charge in [0.2, 0.25) is 5.95 Å². The fourth-order valence-electron chi connectivity index (χ4n) is 3.42. The number of aromatic nitrogens is 3. The number of ether oxygens (including phenoxy) is 1. The molecular formula is C21H24N4O3S. The second-order valence-corrected chi connectivity index (χ2v) is 7.88. The maximum absolute atomic E-state index is 12.7. The minimum absolute atomic E-state index is 0.279. The Morgan fingerprint density at radius 2 is 1.97 bits per heavy atom. The molecule has 0 radical (unpaired) electrons. The molecule has 1 unspecified atom stereocenters. The predicted molar refractivity (Wildman–Crippen MR) is 111 cm³/mol. The fraction of sp³-hybridized carbons (Fsp3) is 0.381. The molecule has 152 valence electrons. The van der Waals surface area contributed by atoms with E-state index in [0.29, 0.717) is 18.3 Å². The van der Waals surface area contributed by atoms with E-state index in [1.54, 1.807) is 6.26 Å². The van der Waals surface area contributed by atoms with Crippen LogP contribution in [0, 0.1) is 0 Å². The number of carbonyl (C=O) groups is 1. The van der Waals surface area contributed by atoms with Gasteiger partial charge >= 0.3 is 5.97 Å². The van der Waals surface area contributed by atoms with E-state index in [4.69, 9.17) is 9.15 Å². The fourth-order valence-corrected chi connectivity index (χ4v) is 4.45. The Hall–Kier alpha value is -2.74. The number of carbonyl (C=O) groups excluding carboxylic acids is 1. The molecule has 1 fully saturated rings. The predicted octanol–water partition coefficient (Wildman–Crippen LogP) is 3.92. The monoisotopic (exact) mass is 412 g/mol. The van der Waals surface area contributed by atoms with Gasteiger partial charge in [-0.1, -0.05) is 42.1 Å². The van der Waals surface area contributed by atoms with E-state index in [0.717, 1.165) is 43.2 Å². The minimum atomic E-state index is -0.512. The molecule has 1 aliphatic rings. The van der Waals surface area contributed by atoms with Gasteiger partial charge in [-0.05, 0) is 37.5 Å². The molecule has 0 amide bonds. The highest BCUT2D eigenvalue weighted by molar-refractivity contribution is 8.00. The van der Waals surface area contributed by atoms with Crippen LogP contribution in [0.2, 0.25) is 0 Å². The molecule has 7 nitrogen and oxygen atoms in total. The smallest absolute Gasteiger partial charge is 0.324 e. The number of rotatable bonds is 8. The topological polar surface area (TPSA) is 73.4 Å². The lowest BCUT2D eigenvalue weighted by Crippen LogP contribution is -2.23. The van der Waals surface area contributed by atoms with Crippen molar-refractivity contribution in [2.45, 2.75) is 36.7 Å². The zero-order valence-corrected chi connectivity index (χ0v) is 17.2. The van der Waals surface area contributed by atoms with Crippen molar-refractivity contribution in [2.75, 3.05) is 24.6 Å². The van der Waals surface area contributed by atoms with Gasteiger partial charge in [-0.2, -0.15) is 0 Å². The van der Waals surface area contributed by atoms with Crippen molar-refractivity contribution >= 4 is 23.7 Å². The highest BCUT2D eigenvalue weighted by Crippen LogP contribution is 2.37. The van der Waals surface area contributed by atoms with Crippen LogP contribution in [0.3, 0.4) is 0 Å². The minimum Gasteiger partial charge on any atom is -0.467 e. The van der Waals surface area contributed by atoms with Crippen molar-refractivity contribution in [3.63, 3.8) is 0 Å². The molecule has 1 aliphatic heterocycles. The molecule has 0 saturated carbocycles. The standard InChI is InChI=1S/C21H24N4O3S/c1-2-27-19(26)18(16-9-4-3-5-10-16)29-21-23-22-20(24-12-6-7-13-24)25(21)15-17-11-8-14-28-17/h3-5,8-11,14,18H,2,6-7,12-13,15H2,1H3. The molecule has 1 aromatic carbocycles. The molecule has 3 aromatic rings. The van der Waals surface area contributed by atoms with Crippen LogP contribution in [0.25, 0.3) is 0 Å². The highest BCUT2D eigenvalue weighted by atomic mass is 32.2. The first kappa shape index (κ1) is 19.6. The van der Waals surface area contributed by atoms with Gasteiger partial charge in [0.15, 0.2) is 5.16 Å². The number of benzene rings is 1. The first-order chi connectivity index (χ1) is 14.3. The highest BCUT2D eigenvalue weighted by Gasteiger charge is 2.28. The summed E-state index contributed by atoms with van der Waals surface area (Å²) in [7, 11) is 0. The van der Waals surface area contributed by atoms with Gasteiger partial charge in [-0.25, -0.2) is 0 Å². The Labute approximate surface area is 174 Å². The second-order valence-electron chi connectivity index (χ2n) is 6.80. The van der Waals surface area contributed by atoms with Crippen LogP contribution in [0.4, 0.5) is 5.95 Å². The molecule has 0 aliphatic carbocycles. The molecule has 4 rings (SSSR count). The maximum atomic E-state index is 12.7. The Morgan fingerprint density at radius 1 is 1.17 bits per heavy atom. The maximum Gasteiger partial charge on any atom is 0.324 e. The zero-order valence-electron chi connectivity index (χ0n) is 16.4. The molecule has 29 heavy (non-hydrogen) atoms. The SMILES string of the molecule is CCOC(=O)C(Sc1nnc(N2CCCC2)n1Cc1ccco1)c1ccccc1. The van der Waals surface area contributed by atoms with Gasteiger partial charge in [-0.3, -0.25) is 9.36 Å².